The van der Waals surface area contributed by atoms with E-state index >= 15 is 0 Å². The van der Waals surface area contributed by atoms with Gasteiger partial charge in [0.1, 0.15) is 0 Å². The van der Waals surface area contributed by atoms with Crippen LogP contribution in [0.15, 0.2) is 60.7 Å². The summed E-state index contributed by atoms with van der Waals surface area (Å²) in [4.78, 5) is 27.8. The van der Waals surface area contributed by atoms with E-state index in [0.29, 0.717) is 27.9 Å². The maximum Gasteiger partial charge on any atom is 0.196 e. The zero-order valence-corrected chi connectivity index (χ0v) is 24.4. The van der Waals surface area contributed by atoms with E-state index in [0.717, 1.165) is 42.7 Å². The summed E-state index contributed by atoms with van der Waals surface area (Å²) < 4.78 is 0. The Morgan fingerprint density at radius 2 is 1.07 bits per heavy atom. The van der Waals surface area contributed by atoms with Crippen molar-refractivity contribution in [3.8, 4) is 0 Å². The van der Waals surface area contributed by atoms with E-state index < -0.39 is 0 Å². The Morgan fingerprint density at radius 1 is 0.550 bits per heavy atom. The fourth-order valence-electron chi connectivity index (χ4n) is 5.98. The number of hydrogen-bond acceptors (Lipinski definition) is 4. The van der Waals surface area contributed by atoms with Crippen LogP contribution in [0.3, 0.4) is 0 Å². The number of carbonyl (C=O) groups excluding carboxylic acids is 2. The van der Waals surface area contributed by atoms with Gasteiger partial charge in [0.25, 0.3) is 0 Å². The standard InChI is InChI=1S/C36H38N2O2/c1-7-23-16-21(5)17-24(8-2)33(23)37-27-14-15-28-30(20-27)35(39)29-12-11-13-31(32(29)36(28)40)38-34-25(9-3)18-22(6)19-26(34)10-4/h11-20,37-38H,7-10H2,1-6H3. The van der Waals surface area contributed by atoms with Crippen molar-refractivity contribution in [3.05, 3.63) is 116 Å². The van der Waals surface area contributed by atoms with Crippen LogP contribution < -0.4 is 10.6 Å². The number of aryl methyl sites for hydroxylation is 6. The molecule has 0 atom stereocenters. The molecule has 0 unspecified atom stereocenters. The first-order valence-corrected chi connectivity index (χ1v) is 14.4. The van der Waals surface area contributed by atoms with Gasteiger partial charge in [0.15, 0.2) is 11.6 Å². The van der Waals surface area contributed by atoms with E-state index in [9.17, 15) is 9.59 Å². The van der Waals surface area contributed by atoms with Gasteiger partial charge in [-0.1, -0.05) is 75.2 Å². The molecule has 0 aromatic heterocycles. The molecule has 0 saturated carbocycles. The lowest BCUT2D eigenvalue weighted by Gasteiger charge is -2.24. The molecule has 4 aromatic carbocycles. The van der Waals surface area contributed by atoms with Crippen molar-refractivity contribution >= 4 is 34.3 Å². The van der Waals surface area contributed by atoms with Gasteiger partial charge >= 0.3 is 0 Å². The van der Waals surface area contributed by atoms with Crippen LogP contribution in [0.25, 0.3) is 0 Å². The maximum atomic E-state index is 13.9. The Kier molecular flexibility index (Phi) is 7.62. The number of anilines is 4. The molecule has 0 bridgehead atoms. The van der Waals surface area contributed by atoms with E-state index in [-0.39, 0.29) is 11.6 Å². The van der Waals surface area contributed by atoms with Crippen LogP contribution in [0.1, 0.15) is 92.9 Å². The minimum Gasteiger partial charge on any atom is -0.355 e. The van der Waals surface area contributed by atoms with Gasteiger partial charge in [-0.2, -0.15) is 0 Å². The summed E-state index contributed by atoms with van der Waals surface area (Å²) in [6.07, 6.45) is 3.56. The van der Waals surface area contributed by atoms with Crippen molar-refractivity contribution in [2.45, 2.75) is 67.2 Å². The second kappa shape index (κ2) is 11.1. The molecule has 0 fully saturated rings. The number of nitrogens with one attached hydrogen (secondary N) is 2. The number of rotatable bonds is 8. The third-order valence-electron chi connectivity index (χ3n) is 7.99. The molecular weight excluding hydrogens is 492 g/mol. The molecule has 1 aliphatic carbocycles. The Bertz CT molecular complexity index is 1590. The van der Waals surface area contributed by atoms with Crippen LogP contribution >= 0.6 is 0 Å². The topological polar surface area (TPSA) is 58.2 Å². The Balaban J connectivity index is 1.54. The molecule has 0 amide bonds. The van der Waals surface area contributed by atoms with Crippen molar-refractivity contribution in [2.75, 3.05) is 10.6 Å². The summed E-state index contributed by atoms with van der Waals surface area (Å²) >= 11 is 0. The predicted octanol–water partition coefficient (Wildman–Crippen LogP) is 8.82. The first-order valence-electron chi connectivity index (χ1n) is 14.4. The molecular formula is C36H38N2O2. The zero-order chi connectivity index (χ0) is 28.6. The first kappa shape index (κ1) is 27.4. The Labute approximate surface area is 237 Å². The lowest BCUT2D eigenvalue weighted by molar-refractivity contribution is 0.0980. The second-order valence-electron chi connectivity index (χ2n) is 10.7. The van der Waals surface area contributed by atoms with Crippen LogP contribution in [0.5, 0.6) is 0 Å². The monoisotopic (exact) mass is 530 g/mol. The lowest BCUT2D eigenvalue weighted by atomic mass is 9.82. The Hall–Kier alpha value is -4.18. The predicted molar refractivity (Wildman–Crippen MR) is 166 cm³/mol. The molecule has 4 heteroatoms. The van der Waals surface area contributed by atoms with Gasteiger partial charge in [-0.25, -0.2) is 0 Å². The fourth-order valence-corrected chi connectivity index (χ4v) is 5.98. The van der Waals surface area contributed by atoms with Crippen LogP contribution in [0, 0.1) is 13.8 Å². The summed E-state index contributed by atoms with van der Waals surface area (Å²) in [6, 6.07) is 19.9. The van der Waals surface area contributed by atoms with Gasteiger partial charge in [-0.15, -0.1) is 0 Å². The van der Waals surface area contributed by atoms with E-state index in [1.807, 2.05) is 24.3 Å². The highest BCUT2D eigenvalue weighted by molar-refractivity contribution is 6.30. The highest BCUT2D eigenvalue weighted by Crippen LogP contribution is 2.37. The molecule has 40 heavy (non-hydrogen) atoms. The van der Waals surface area contributed by atoms with Gasteiger partial charge in [-0.05, 0) is 86.1 Å². The first-order chi connectivity index (χ1) is 19.3. The Morgan fingerprint density at radius 3 is 1.60 bits per heavy atom. The van der Waals surface area contributed by atoms with Crippen molar-refractivity contribution in [2.24, 2.45) is 0 Å². The largest absolute Gasteiger partial charge is 0.355 e. The van der Waals surface area contributed by atoms with E-state index in [1.165, 1.54) is 33.4 Å². The molecule has 0 spiro atoms. The number of fused-ring (bicyclic) bond motifs is 2. The molecule has 0 heterocycles. The highest BCUT2D eigenvalue weighted by atomic mass is 16.1. The van der Waals surface area contributed by atoms with Crippen molar-refractivity contribution in [3.63, 3.8) is 0 Å². The molecule has 204 valence electrons. The summed E-state index contributed by atoms with van der Waals surface area (Å²) in [5, 5.41) is 7.15. The molecule has 4 aromatic rings. The van der Waals surface area contributed by atoms with Gasteiger partial charge < -0.3 is 10.6 Å². The summed E-state index contributed by atoms with van der Waals surface area (Å²) in [7, 11) is 0. The third kappa shape index (κ3) is 4.83. The van der Waals surface area contributed by atoms with Crippen LogP contribution in [0.2, 0.25) is 0 Å². The van der Waals surface area contributed by atoms with Gasteiger partial charge in [0.05, 0.1) is 11.3 Å². The van der Waals surface area contributed by atoms with Crippen LogP contribution in [-0.2, 0) is 25.7 Å². The molecule has 5 rings (SSSR count). The van der Waals surface area contributed by atoms with Gasteiger partial charge in [-0.3, -0.25) is 9.59 Å². The fraction of sp³-hybridized carbons (Fsp3) is 0.278. The van der Waals surface area contributed by atoms with Gasteiger partial charge in [0.2, 0.25) is 0 Å². The lowest BCUT2D eigenvalue weighted by Crippen LogP contribution is -2.22. The number of hydrogen-bond donors (Lipinski definition) is 2. The average Bonchev–Trinajstić information content (AvgIpc) is 2.96. The smallest absolute Gasteiger partial charge is 0.196 e. The van der Waals surface area contributed by atoms with E-state index in [2.05, 4.69) is 76.4 Å². The quantitative estimate of drug-likeness (QED) is 0.210. The van der Waals surface area contributed by atoms with Gasteiger partial charge in [0, 0.05) is 33.8 Å². The number of benzene rings is 4. The molecule has 0 aliphatic heterocycles. The van der Waals surface area contributed by atoms with Crippen molar-refractivity contribution < 1.29 is 9.59 Å². The summed E-state index contributed by atoms with van der Waals surface area (Å²) in [5.74, 6) is -0.246. The normalized spacial score (nSPS) is 12.2. The molecule has 0 saturated heterocycles. The molecule has 4 nitrogen and oxygen atoms in total. The maximum absolute atomic E-state index is 13.9. The van der Waals surface area contributed by atoms with Crippen LogP contribution in [-0.4, -0.2) is 11.6 Å². The molecule has 2 N–H and O–H groups in total. The van der Waals surface area contributed by atoms with E-state index in [1.54, 1.807) is 12.1 Å². The van der Waals surface area contributed by atoms with Crippen LogP contribution in [0.4, 0.5) is 22.7 Å². The summed E-state index contributed by atoms with van der Waals surface area (Å²) in [5.41, 5.74) is 12.8. The van der Waals surface area contributed by atoms with E-state index in [4.69, 9.17) is 0 Å². The van der Waals surface area contributed by atoms with Crippen molar-refractivity contribution in [1.82, 2.24) is 0 Å². The summed E-state index contributed by atoms with van der Waals surface area (Å²) in [6.45, 7) is 12.8. The second-order valence-corrected chi connectivity index (χ2v) is 10.7. The molecule has 0 radical (unpaired) electrons. The minimum atomic E-state index is -0.124. The third-order valence-corrected chi connectivity index (χ3v) is 7.99. The van der Waals surface area contributed by atoms with Crippen molar-refractivity contribution in [1.29, 1.82) is 0 Å². The average molecular weight is 531 g/mol. The number of ketones is 2. The zero-order valence-electron chi connectivity index (χ0n) is 24.4. The minimum absolute atomic E-state index is 0.123. The highest BCUT2D eigenvalue weighted by Gasteiger charge is 2.32. The number of carbonyl (C=O) groups is 2. The molecule has 1 aliphatic rings. The SMILES string of the molecule is CCc1cc(C)cc(CC)c1Nc1ccc2c(c1)C(=O)c1cccc(Nc3c(CC)cc(C)cc3CC)c1C2=O.